The first kappa shape index (κ1) is 25.9. The van der Waals surface area contributed by atoms with Gasteiger partial charge in [0.05, 0.1) is 0 Å². The van der Waals surface area contributed by atoms with Gasteiger partial charge in [0.25, 0.3) is 0 Å². The number of hydrogen-bond acceptors (Lipinski definition) is 0. The van der Waals surface area contributed by atoms with Gasteiger partial charge < -0.3 is 0 Å². The van der Waals surface area contributed by atoms with Gasteiger partial charge in [-0.3, -0.25) is 0 Å². The van der Waals surface area contributed by atoms with Crippen molar-refractivity contribution in [2.24, 2.45) is 0 Å². The van der Waals surface area contributed by atoms with Gasteiger partial charge in [-0.05, 0) is 0 Å². The summed E-state index contributed by atoms with van der Waals surface area (Å²) >= 11 is 4.63. The van der Waals surface area contributed by atoms with Crippen LogP contribution in [0, 0.1) is 0 Å². The van der Waals surface area contributed by atoms with Crippen molar-refractivity contribution in [3.63, 3.8) is 0 Å². The van der Waals surface area contributed by atoms with E-state index >= 15 is 0 Å². The fourth-order valence-corrected chi connectivity index (χ4v) is 12.6. The Morgan fingerprint density at radius 1 is 0.514 bits per heavy atom. The maximum absolute atomic E-state index is 4.63. The van der Waals surface area contributed by atoms with Gasteiger partial charge in [-0.1, -0.05) is 0 Å². The Morgan fingerprint density at radius 2 is 0.829 bits per heavy atom. The first-order valence-corrected chi connectivity index (χ1v) is 16.9. The van der Waals surface area contributed by atoms with Gasteiger partial charge in [0.2, 0.25) is 0 Å². The molecule has 4 rings (SSSR count). The number of halogens is 1. The first-order chi connectivity index (χ1) is 16.4. The normalized spacial score (nSPS) is 13.7. The van der Waals surface area contributed by atoms with Gasteiger partial charge in [0, 0.05) is 0 Å². The third kappa shape index (κ3) is 4.91. The molecule has 0 fully saturated rings. The van der Waals surface area contributed by atoms with Crippen LogP contribution in [0.4, 0.5) is 0 Å². The molecule has 0 unspecified atom stereocenters. The van der Waals surface area contributed by atoms with Gasteiger partial charge in [-0.2, -0.15) is 0 Å². The second-order valence-corrected chi connectivity index (χ2v) is 20.7. The van der Waals surface area contributed by atoms with E-state index < -0.39 is 5.31 Å². The van der Waals surface area contributed by atoms with Crippen LogP contribution in [-0.4, -0.2) is 0 Å². The molecule has 0 heterocycles. The predicted octanol–water partition coefficient (Wildman–Crippen LogP) is 8.62. The fourth-order valence-electron chi connectivity index (χ4n) is 4.93. The standard InChI is InChI=1S/C33H38BrP/c1-32(2,3)27-22-26(23-28(24-27)33(4,5)6)25-35(34,29-16-10-7-11-17-29,30-18-12-8-13-19-30)31-20-14-9-15-21-31/h7-24H,25H2,1-6H3. The molecule has 35 heavy (non-hydrogen) atoms. The zero-order valence-corrected chi connectivity index (χ0v) is 24.4. The van der Waals surface area contributed by atoms with Gasteiger partial charge in [0.15, 0.2) is 0 Å². The molecule has 0 amide bonds. The van der Waals surface area contributed by atoms with Crippen LogP contribution in [0.3, 0.4) is 0 Å². The molecule has 0 saturated carbocycles. The van der Waals surface area contributed by atoms with Crippen LogP contribution in [0.5, 0.6) is 0 Å². The molecule has 4 aromatic carbocycles. The van der Waals surface area contributed by atoms with Crippen LogP contribution in [0.1, 0.15) is 58.2 Å². The molecule has 0 aliphatic heterocycles. The zero-order chi connectivity index (χ0) is 25.3. The molecule has 0 radical (unpaired) electrons. The monoisotopic (exact) mass is 544 g/mol. The Balaban J connectivity index is 2.09. The van der Waals surface area contributed by atoms with Crippen molar-refractivity contribution in [3.8, 4) is 0 Å². The van der Waals surface area contributed by atoms with E-state index in [2.05, 4.69) is 166 Å². The second-order valence-electron chi connectivity index (χ2n) is 11.8. The average Bonchev–Trinajstić information content (AvgIpc) is 2.84. The van der Waals surface area contributed by atoms with Gasteiger partial charge in [-0.25, -0.2) is 0 Å². The Labute approximate surface area is 220 Å². The van der Waals surface area contributed by atoms with Crippen molar-refractivity contribution >= 4 is 36.7 Å². The first-order valence-electron chi connectivity index (χ1n) is 12.5. The molecule has 0 nitrogen and oxygen atoms in total. The molecule has 4 aromatic rings. The maximum atomic E-state index is 4.63. The summed E-state index contributed by atoms with van der Waals surface area (Å²) in [6.45, 7) is 13.9. The van der Waals surface area contributed by atoms with Crippen molar-refractivity contribution in [2.45, 2.75) is 58.5 Å². The van der Waals surface area contributed by atoms with E-state index in [9.17, 15) is 0 Å². The van der Waals surface area contributed by atoms with Crippen LogP contribution in [0.2, 0.25) is 0 Å². The molecule has 0 aliphatic carbocycles. The van der Waals surface area contributed by atoms with E-state index in [1.807, 2.05) is 0 Å². The molecule has 0 aromatic heterocycles. The average molecular weight is 546 g/mol. The summed E-state index contributed by atoms with van der Waals surface area (Å²) in [5, 5.41) is 1.03. The van der Waals surface area contributed by atoms with Gasteiger partial charge in [0.1, 0.15) is 0 Å². The summed E-state index contributed by atoms with van der Waals surface area (Å²) < 4.78 is 0. The minimum absolute atomic E-state index is 0.0744. The van der Waals surface area contributed by atoms with E-state index in [0.29, 0.717) is 0 Å². The van der Waals surface area contributed by atoms with Crippen LogP contribution >= 0.6 is 20.8 Å². The second kappa shape index (κ2) is 9.34. The summed E-state index contributed by atoms with van der Waals surface area (Å²) in [4.78, 5) is 0. The molecule has 2 heteroatoms. The van der Waals surface area contributed by atoms with E-state index in [1.54, 1.807) is 0 Å². The summed E-state index contributed by atoms with van der Waals surface area (Å²) in [5.74, 6) is 0. The van der Waals surface area contributed by atoms with Gasteiger partial charge >= 0.3 is 221 Å². The number of benzene rings is 4. The summed E-state index contributed by atoms with van der Waals surface area (Å²) in [5.41, 5.74) is 4.32. The van der Waals surface area contributed by atoms with Crippen LogP contribution in [-0.2, 0) is 17.0 Å². The summed E-state index contributed by atoms with van der Waals surface area (Å²) in [7, 11) is 0. The van der Waals surface area contributed by atoms with Crippen molar-refractivity contribution in [3.05, 3.63) is 126 Å². The summed E-state index contributed by atoms with van der Waals surface area (Å²) in [6.07, 6.45) is 0.913. The molecular weight excluding hydrogens is 507 g/mol. The van der Waals surface area contributed by atoms with Crippen LogP contribution < -0.4 is 15.9 Å². The van der Waals surface area contributed by atoms with E-state index in [1.165, 1.54) is 32.6 Å². The molecule has 0 bridgehead atoms. The SMILES string of the molecule is CC(C)(C)c1cc(CP(Br)(c2ccccc2)(c2ccccc2)c2ccccc2)cc(C(C)(C)C)c1. The number of rotatable bonds is 5. The van der Waals surface area contributed by atoms with E-state index in [0.717, 1.165) is 6.16 Å². The molecule has 0 atom stereocenters. The van der Waals surface area contributed by atoms with Crippen LogP contribution in [0.15, 0.2) is 109 Å². The molecule has 182 valence electrons. The number of hydrogen-bond donors (Lipinski definition) is 0. The Morgan fingerprint density at radius 3 is 1.11 bits per heavy atom. The third-order valence-corrected chi connectivity index (χ3v) is 16.6. The molecule has 0 spiro atoms. The Hall–Kier alpha value is -2.21. The predicted molar refractivity (Wildman–Crippen MR) is 162 cm³/mol. The molecule has 0 N–H and O–H groups in total. The van der Waals surface area contributed by atoms with Crippen molar-refractivity contribution in [1.82, 2.24) is 0 Å². The Bertz CT molecular complexity index is 1150. The quantitative estimate of drug-likeness (QED) is 0.220. The minimum atomic E-state index is -3.04. The topological polar surface area (TPSA) is 0 Å². The van der Waals surface area contributed by atoms with Crippen molar-refractivity contribution in [2.75, 3.05) is 0 Å². The van der Waals surface area contributed by atoms with E-state index in [-0.39, 0.29) is 10.8 Å². The fraction of sp³-hybridized carbons (Fsp3) is 0.273. The van der Waals surface area contributed by atoms with Crippen molar-refractivity contribution < 1.29 is 0 Å². The van der Waals surface area contributed by atoms with Gasteiger partial charge in [-0.15, -0.1) is 0 Å². The van der Waals surface area contributed by atoms with Crippen LogP contribution in [0.25, 0.3) is 0 Å². The van der Waals surface area contributed by atoms with E-state index in [4.69, 9.17) is 0 Å². The molecule has 0 aliphatic rings. The summed E-state index contributed by atoms with van der Waals surface area (Å²) in [6, 6.07) is 40.6. The van der Waals surface area contributed by atoms with Crippen molar-refractivity contribution in [1.29, 1.82) is 0 Å². The zero-order valence-electron chi connectivity index (χ0n) is 21.9. The molecule has 0 saturated heterocycles. The third-order valence-electron chi connectivity index (χ3n) is 7.09. The molecular formula is C33H38BrP. The Kier molecular flexibility index (Phi) is 6.91.